The number of aromatic nitrogens is 2. The monoisotopic (exact) mass is 447 g/mol. The Morgan fingerprint density at radius 1 is 1.25 bits per heavy atom. The van der Waals surface area contributed by atoms with Gasteiger partial charge in [-0.25, -0.2) is 0 Å². The molecule has 2 aliphatic rings. The third-order valence-corrected chi connectivity index (χ3v) is 6.53. The highest BCUT2D eigenvalue weighted by Crippen LogP contribution is 2.49. The van der Waals surface area contributed by atoms with Crippen molar-refractivity contribution in [3.8, 4) is 0 Å². The lowest BCUT2D eigenvalue weighted by Crippen LogP contribution is -2.37. The Balaban J connectivity index is 1.55. The summed E-state index contributed by atoms with van der Waals surface area (Å²) in [5, 5.41) is 8.58. The van der Waals surface area contributed by atoms with Crippen LogP contribution in [0.25, 0.3) is 0 Å². The summed E-state index contributed by atoms with van der Waals surface area (Å²) in [4.78, 5) is 15.0. The van der Waals surface area contributed by atoms with Gasteiger partial charge in [0.25, 0.3) is 0 Å². The van der Waals surface area contributed by atoms with E-state index in [-0.39, 0.29) is 23.2 Å². The van der Waals surface area contributed by atoms with E-state index in [0.29, 0.717) is 24.7 Å². The van der Waals surface area contributed by atoms with Gasteiger partial charge in [0.05, 0.1) is 12.3 Å². The van der Waals surface area contributed by atoms with Gasteiger partial charge in [-0.05, 0) is 30.5 Å². The molecule has 1 amide bonds. The molecule has 0 aliphatic carbocycles. The van der Waals surface area contributed by atoms with Crippen LogP contribution < -0.4 is 0 Å². The van der Waals surface area contributed by atoms with Crippen molar-refractivity contribution in [3.05, 3.63) is 46.1 Å². The first kappa shape index (κ1) is 19.6. The van der Waals surface area contributed by atoms with E-state index in [9.17, 15) is 4.79 Å². The van der Waals surface area contributed by atoms with Gasteiger partial charge in [-0.3, -0.25) is 4.79 Å². The van der Waals surface area contributed by atoms with Gasteiger partial charge in [0, 0.05) is 42.1 Å². The van der Waals surface area contributed by atoms with Gasteiger partial charge < -0.3 is 14.1 Å². The third-order valence-electron chi connectivity index (χ3n) is 6.01. The van der Waals surface area contributed by atoms with E-state index in [2.05, 4.69) is 26.1 Å². The highest BCUT2D eigenvalue weighted by atomic mass is 79.9. The molecule has 0 saturated carbocycles. The smallest absolute Gasteiger partial charge is 0.227 e. The fourth-order valence-corrected chi connectivity index (χ4v) is 4.56. The molecule has 0 N–H and O–H groups in total. The van der Waals surface area contributed by atoms with E-state index in [1.54, 1.807) is 0 Å². The molecule has 2 saturated heterocycles. The average Bonchev–Trinajstić information content (AvgIpc) is 3.30. The maximum atomic E-state index is 13.0. The second kappa shape index (κ2) is 7.95. The minimum absolute atomic E-state index is 0.0333. The number of halogens is 1. The van der Waals surface area contributed by atoms with Crippen LogP contribution in [-0.4, -0.2) is 47.3 Å². The summed E-state index contributed by atoms with van der Waals surface area (Å²) in [5.41, 5.74) is 0.992. The number of carbonyl (C=O) groups is 1. The molecule has 3 heterocycles. The van der Waals surface area contributed by atoms with E-state index in [4.69, 9.17) is 9.15 Å². The highest BCUT2D eigenvalue weighted by molar-refractivity contribution is 9.10. The number of hydrogen-bond donors (Lipinski definition) is 0. The molecule has 1 spiro atoms. The summed E-state index contributed by atoms with van der Waals surface area (Å²) in [5.74, 6) is 1.76. The predicted octanol–water partition coefficient (Wildman–Crippen LogP) is 3.92. The van der Waals surface area contributed by atoms with Crippen LogP contribution in [0.1, 0.15) is 55.9 Å². The van der Waals surface area contributed by atoms with Crippen LogP contribution in [0.15, 0.2) is 33.2 Å². The lowest BCUT2D eigenvalue weighted by atomic mass is 9.72. The number of ether oxygens (including phenoxy) is 1. The Hall–Kier alpha value is -1.73. The Kier molecular flexibility index (Phi) is 5.56. The number of benzene rings is 1. The summed E-state index contributed by atoms with van der Waals surface area (Å²) < 4.78 is 12.6. The molecule has 28 heavy (non-hydrogen) atoms. The molecular formula is C21H26BrN3O3. The molecule has 1 aromatic carbocycles. The zero-order valence-corrected chi connectivity index (χ0v) is 17.9. The fraction of sp³-hybridized carbons (Fsp3) is 0.571. The molecule has 1 aromatic heterocycles. The second-order valence-corrected chi connectivity index (χ2v) is 9.15. The summed E-state index contributed by atoms with van der Waals surface area (Å²) >= 11 is 3.44. The van der Waals surface area contributed by atoms with Gasteiger partial charge in [-0.1, -0.05) is 41.9 Å². The zero-order valence-electron chi connectivity index (χ0n) is 16.4. The van der Waals surface area contributed by atoms with Crippen molar-refractivity contribution >= 4 is 21.8 Å². The Morgan fingerprint density at radius 3 is 2.61 bits per heavy atom. The van der Waals surface area contributed by atoms with E-state index in [1.165, 1.54) is 0 Å². The van der Waals surface area contributed by atoms with Gasteiger partial charge in [-0.2, -0.15) is 0 Å². The lowest BCUT2D eigenvalue weighted by molar-refractivity contribution is -0.130. The van der Waals surface area contributed by atoms with Crippen molar-refractivity contribution in [2.24, 2.45) is 5.41 Å². The summed E-state index contributed by atoms with van der Waals surface area (Å²) in [6.07, 6.45) is 2.24. The average molecular weight is 448 g/mol. The topological polar surface area (TPSA) is 68.5 Å². The van der Waals surface area contributed by atoms with Gasteiger partial charge >= 0.3 is 0 Å². The maximum absolute atomic E-state index is 13.0. The standard InChI is InChI=1S/C21H26BrN3O3/c1-14(2)19-23-24-20(28-19)17-12-25(13-21(17)7-9-27-10-8-21)18(26)11-15-3-5-16(22)6-4-15/h3-6,14,17H,7-13H2,1-2H3. The largest absolute Gasteiger partial charge is 0.425 e. The molecule has 2 aromatic rings. The second-order valence-electron chi connectivity index (χ2n) is 8.24. The Morgan fingerprint density at radius 2 is 1.96 bits per heavy atom. The normalized spacial score (nSPS) is 21.6. The molecule has 1 unspecified atom stereocenters. The minimum Gasteiger partial charge on any atom is -0.425 e. The zero-order chi connectivity index (χ0) is 19.7. The van der Waals surface area contributed by atoms with Gasteiger partial charge in [0.15, 0.2) is 0 Å². The highest BCUT2D eigenvalue weighted by Gasteiger charge is 2.51. The third kappa shape index (κ3) is 3.87. The van der Waals surface area contributed by atoms with Crippen LogP contribution in [0.5, 0.6) is 0 Å². The van der Waals surface area contributed by atoms with Crippen molar-refractivity contribution in [1.82, 2.24) is 15.1 Å². The summed E-state index contributed by atoms with van der Waals surface area (Å²) in [7, 11) is 0. The summed E-state index contributed by atoms with van der Waals surface area (Å²) in [6.45, 7) is 6.89. The maximum Gasteiger partial charge on any atom is 0.227 e. The number of hydrogen-bond acceptors (Lipinski definition) is 5. The van der Waals surface area contributed by atoms with Crippen LogP contribution in [0.3, 0.4) is 0 Å². The number of nitrogens with zero attached hydrogens (tertiary/aromatic N) is 3. The lowest BCUT2D eigenvalue weighted by Gasteiger charge is -2.36. The van der Waals surface area contributed by atoms with Crippen LogP contribution in [0.2, 0.25) is 0 Å². The van der Waals surface area contributed by atoms with Crippen molar-refractivity contribution in [3.63, 3.8) is 0 Å². The number of carbonyl (C=O) groups excluding carboxylic acids is 1. The first-order valence-electron chi connectivity index (χ1n) is 9.90. The molecule has 2 aliphatic heterocycles. The van der Waals surface area contributed by atoms with Gasteiger partial charge in [0.2, 0.25) is 17.7 Å². The molecule has 4 rings (SSSR count). The van der Waals surface area contributed by atoms with Crippen molar-refractivity contribution < 1.29 is 13.9 Å². The minimum atomic E-state index is -0.0333. The van der Waals surface area contributed by atoms with Crippen LogP contribution in [0.4, 0.5) is 0 Å². The quantitative estimate of drug-likeness (QED) is 0.709. The fourth-order valence-electron chi connectivity index (χ4n) is 4.29. The van der Waals surface area contributed by atoms with E-state index in [0.717, 1.165) is 42.6 Å². The van der Waals surface area contributed by atoms with Gasteiger partial charge in [0.1, 0.15) is 0 Å². The molecule has 1 atom stereocenters. The van der Waals surface area contributed by atoms with E-state index >= 15 is 0 Å². The van der Waals surface area contributed by atoms with Crippen LogP contribution in [0, 0.1) is 5.41 Å². The van der Waals surface area contributed by atoms with Crippen molar-refractivity contribution in [1.29, 1.82) is 0 Å². The molecule has 0 radical (unpaired) electrons. The number of rotatable bonds is 4. The van der Waals surface area contributed by atoms with Gasteiger partial charge in [-0.15, -0.1) is 10.2 Å². The number of amides is 1. The van der Waals surface area contributed by atoms with E-state index < -0.39 is 0 Å². The molecular weight excluding hydrogens is 422 g/mol. The first-order valence-corrected chi connectivity index (χ1v) is 10.7. The SMILES string of the molecule is CC(C)c1nnc(C2CN(C(=O)Cc3ccc(Br)cc3)CC23CCOCC3)o1. The number of likely N-dealkylation sites (tertiary alicyclic amines) is 1. The molecule has 6 nitrogen and oxygen atoms in total. The van der Waals surface area contributed by atoms with Crippen LogP contribution >= 0.6 is 15.9 Å². The molecule has 7 heteroatoms. The Labute approximate surface area is 173 Å². The van der Waals surface area contributed by atoms with Crippen LogP contribution in [-0.2, 0) is 16.0 Å². The summed E-state index contributed by atoms with van der Waals surface area (Å²) in [6, 6.07) is 7.93. The van der Waals surface area contributed by atoms with E-state index in [1.807, 2.05) is 43.0 Å². The predicted molar refractivity (Wildman–Crippen MR) is 108 cm³/mol. The molecule has 2 fully saturated rings. The molecule has 150 valence electrons. The first-order chi connectivity index (χ1) is 13.5. The van der Waals surface area contributed by atoms with Crippen molar-refractivity contribution in [2.45, 2.75) is 44.9 Å². The Bertz CT molecular complexity index is 828. The van der Waals surface area contributed by atoms with Crippen molar-refractivity contribution in [2.75, 3.05) is 26.3 Å². The molecule has 0 bridgehead atoms.